The van der Waals surface area contributed by atoms with Gasteiger partial charge in [0.05, 0.1) is 12.0 Å². The Balaban J connectivity index is 1.46. The monoisotopic (exact) mass is 383 g/mol. The molecule has 9 nitrogen and oxygen atoms in total. The number of non-ortho nitro benzene ring substituents is 1. The molecule has 0 aliphatic carbocycles. The van der Waals surface area contributed by atoms with Crippen LogP contribution in [0.15, 0.2) is 46.9 Å². The highest BCUT2D eigenvalue weighted by molar-refractivity contribution is 5.55. The molecule has 3 aromatic rings. The molecule has 1 aliphatic rings. The summed E-state index contributed by atoms with van der Waals surface area (Å²) < 4.78 is 16.6. The Morgan fingerprint density at radius 2 is 1.89 bits per heavy atom. The molecule has 0 radical (unpaired) electrons. The fraction of sp³-hybridized carbons (Fsp3) is 0.263. The third-order valence-corrected chi connectivity index (χ3v) is 4.80. The van der Waals surface area contributed by atoms with Gasteiger partial charge < -0.3 is 18.8 Å². The Labute approximate surface area is 160 Å². The molecule has 1 aromatic heterocycles. The van der Waals surface area contributed by atoms with Gasteiger partial charge in [-0.1, -0.05) is 0 Å². The lowest BCUT2D eigenvalue weighted by atomic mass is 10.1. The van der Waals surface area contributed by atoms with Crippen molar-refractivity contribution in [3.63, 3.8) is 0 Å². The number of benzene rings is 2. The second kappa shape index (κ2) is 7.28. The van der Waals surface area contributed by atoms with Crippen molar-refractivity contribution in [3.8, 4) is 23.0 Å². The molecule has 1 N–H and O–H groups in total. The van der Waals surface area contributed by atoms with Crippen LogP contribution in [-0.2, 0) is 6.54 Å². The van der Waals surface area contributed by atoms with E-state index >= 15 is 0 Å². The highest BCUT2D eigenvalue weighted by Crippen LogP contribution is 2.32. The largest absolute Gasteiger partial charge is 0.454 e. The average Bonchev–Trinajstić information content (AvgIpc) is 3.36. The summed E-state index contributed by atoms with van der Waals surface area (Å²) in [4.78, 5) is 11.5. The van der Waals surface area contributed by atoms with Gasteiger partial charge in [0.1, 0.15) is 6.54 Å². The van der Waals surface area contributed by atoms with E-state index in [1.54, 1.807) is 12.1 Å². The summed E-state index contributed by atoms with van der Waals surface area (Å²) in [7, 11) is 2.05. The lowest BCUT2D eigenvalue weighted by Gasteiger charge is -2.19. The van der Waals surface area contributed by atoms with Gasteiger partial charge in [-0.2, -0.15) is 0 Å². The van der Waals surface area contributed by atoms with Crippen LogP contribution in [0.1, 0.15) is 24.4 Å². The minimum atomic E-state index is -0.445. The van der Waals surface area contributed by atoms with E-state index in [-0.39, 0.29) is 18.5 Å². The quantitative estimate of drug-likeness (QED) is 0.514. The van der Waals surface area contributed by atoms with Crippen LogP contribution in [0.4, 0.5) is 5.69 Å². The number of rotatable bonds is 6. The number of nitro groups is 1. The van der Waals surface area contributed by atoms with E-state index < -0.39 is 4.92 Å². The lowest BCUT2D eigenvalue weighted by Crippen LogP contribution is -3.07. The first kappa shape index (κ1) is 17.9. The maximum Gasteiger partial charge on any atom is 0.274 e. The van der Waals surface area contributed by atoms with Crippen LogP contribution in [-0.4, -0.2) is 29.0 Å². The number of quaternary nitrogens is 1. The molecular formula is C19H19N4O5+. The molecule has 0 saturated carbocycles. The van der Waals surface area contributed by atoms with Crippen LogP contribution in [0.25, 0.3) is 11.5 Å². The van der Waals surface area contributed by atoms with Crippen molar-refractivity contribution < 1.29 is 23.7 Å². The van der Waals surface area contributed by atoms with E-state index in [1.807, 2.05) is 32.2 Å². The van der Waals surface area contributed by atoms with Crippen molar-refractivity contribution in [1.82, 2.24) is 10.2 Å². The second-order valence-electron chi connectivity index (χ2n) is 6.68. The molecule has 2 atom stereocenters. The standard InChI is InChI=1S/C19H18N4O5/c1-12(22(2)10-13-3-8-16-17(9-13)27-11-26-16)18-20-21-19(28-18)14-4-6-15(7-5-14)23(24)25/h3-9,12H,10-11H2,1-2H3/p+1/t12-/m1/s1. The van der Waals surface area contributed by atoms with E-state index in [2.05, 4.69) is 10.2 Å². The van der Waals surface area contributed by atoms with Gasteiger partial charge in [0, 0.05) is 23.3 Å². The molecule has 0 fully saturated rings. The number of nitrogens with one attached hydrogen (secondary N) is 1. The van der Waals surface area contributed by atoms with Gasteiger partial charge >= 0.3 is 0 Å². The SMILES string of the molecule is C[C@H](c1nnc(-c2ccc([N+](=O)[O-])cc2)o1)[NH+](C)Cc1ccc2c(c1)OCO2. The summed E-state index contributed by atoms with van der Waals surface area (Å²) >= 11 is 0. The van der Waals surface area contributed by atoms with Gasteiger partial charge in [-0.25, -0.2) is 0 Å². The molecule has 9 heteroatoms. The molecule has 0 spiro atoms. The minimum absolute atomic E-state index is 0.0183. The molecule has 1 aliphatic heterocycles. The van der Waals surface area contributed by atoms with Crippen molar-refractivity contribution in [2.24, 2.45) is 0 Å². The molecule has 2 aromatic carbocycles. The van der Waals surface area contributed by atoms with Crippen LogP contribution in [0.2, 0.25) is 0 Å². The van der Waals surface area contributed by atoms with Crippen molar-refractivity contribution in [1.29, 1.82) is 0 Å². The Morgan fingerprint density at radius 3 is 2.64 bits per heavy atom. The molecule has 2 heterocycles. The van der Waals surface area contributed by atoms with Gasteiger partial charge in [0.25, 0.3) is 11.6 Å². The number of ether oxygens (including phenoxy) is 2. The summed E-state index contributed by atoms with van der Waals surface area (Å²) in [6, 6.07) is 11.9. The smallest absolute Gasteiger partial charge is 0.274 e. The molecule has 0 amide bonds. The zero-order valence-corrected chi connectivity index (χ0v) is 15.4. The second-order valence-corrected chi connectivity index (χ2v) is 6.68. The van der Waals surface area contributed by atoms with Crippen molar-refractivity contribution in [2.75, 3.05) is 13.8 Å². The fourth-order valence-corrected chi connectivity index (χ4v) is 2.99. The molecular weight excluding hydrogens is 364 g/mol. The highest BCUT2D eigenvalue weighted by Gasteiger charge is 2.24. The van der Waals surface area contributed by atoms with Crippen molar-refractivity contribution >= 4 is 5.69 Å². The van der Waals surface area contributed by atoms with E-state index in [0.29, 0.717) is 17.3 Å². The number of hydrogen-bond donors (Lipinski definition) is 1. The Hall–Kier alpha value is -3.46. The van der Waals surface area contributed by atoms with Crippen LogP contribution < -0.4 is 14.4 Å². The molecule has 0 bridgehead atoms. The van der Waals surface area contributed by atoms with E-state index in [9.17, 15) is 10.1 Å². The third kappa shape index (κ3) is 3.52. The van der Waals surface area contributed by atoms with Gasteiger partial charge in [-0.3, -0.25) is 10.1 Å². The van der Waals surface area contributed by atoms with Crippen molar-refractivity contribution in [2.45, 2.75) is 19.5 Å². The van der Waals surface area contributed by atoms with Crippen LogP contribution in [0, 0.1) is 10.1 Å². The molecule has 4 rings (SSSR count). The topological polar surface area (TPSA) is 105 Å². The van der Waals surface area contributed by atoms with Crippen LogP contribution >= 0.6 is 0 Å². The Kier molecular flexibility index (Phi) is 4.66. The first-order valence-electron chi connectivity index (χ1n) is 8.80. The predicted molar refractivity (Wildman–Crippen MR) is 98.0 cm³/mol. The van der Waals surface area contributed by atoms with Gasteiger partial charge in [-0.15, -0.1) is 10.2 Å². The van der Waals surface area contributed by atoms with Crippen LogP contribution in [0.5, 0.6) is 11.5 Å². The minimum Gasteiger partial charge on any atom is -0.454 e. The van der Waals surface area contributed by atoms with Gasteiger partial charge in [0.2, 0.25) is 12.7 Å². The fourth-order valence-electron chi connectivity index (χ4n) is 2.99. The van der Waals surface area contributed by atoms with E-state index in [4.69, 9.17) is 13.9 Å². The average molecular weight is 383 g/mol. The third-order valence-electron chi connectivity index (χ3n) is 4.80. The summed E-state index contributed by atoms with van der Waals surface area (Å²) in [5.74, 6) is 2.37. The maximum absolute atomic E-state index is 10.8. The maximum atomic E-state index is 10.8. The van der Waals surface area contributed by atoms with E-state index in [1.165, 1.54) is 12.1 Å². The predicted octanol–water partition coefficient (Wildman–Crippen LogP) is 2.15. The summed E-state index contributed by atoms with van der Waals surface area (Å²) in [6.07, 6.45) is 0. The first-order chi connectivity index (χ1) is 13.5. The number of nitro benzene ring substituents is 1. The zero-order chi connectivity index (χ0) is 19.7. The van der Waals surface area contributed by atoms with Crippen LogP contribution in [0.3, 0.4) is 0 Å². The van der Waals surface area contributed by atoms with Crippen molar-refractivity contribution in [3.05, 3.63) is 64.0 Å². The Morgan fingerprint density at radius 1 is 1.14 bits per heavy atom. The highest BCUT2D eigenvalue weighted by atomic mass is 16.7. The molecule has 144 valence electrons. The summed E-state index contributed by atoms with van der Waals surface area (Å²) in [5, 5.41) is 19.0. The number of fused-ring (bicyclic) bond motifs is 1. The first-order valence-corrected chi connectivity index (χ1v) is 8.80. The van der Waals surface area contributed by atoms with E-state index in [0.717, 1.165) is 28.5 Å². The lowest BCUT2D eigenvalue weighted by molar-refractivity contribution is -0.925. The Bertz CT molecular complexity index is 1000. The van der Waals surface area contributed by atoms with Gasteiger partial charge in [-0.05, 0) is 37.3 Å². The normalized spacial score (nSPS) is 14.6. The number of nitrogens with zero attached hydrogens (tertiary/aromatic N) is 3. The zero-order valence-electron chi connectivity index (χ0n) is 15.4. The summed E-state index contributed by atoms with van der Waals surface area (Å²) in [5.41, 5.74) is 1.78. The number of hydrogen-bond acceptors (Lipinski definition) is 7. The van der Waals surface area contributed by atoms with Gasteiger partial charge in [0.15, 0.2) is 17.5 Å². The molecule has 0 saturated heterocycles. The summed E-state index contributed by atoms with van der Waals surface area (Å²) in [6.45, 7) is 3.01. The molecule has 1 unspecified atom stereocenters. The molecule has 28 heavy (non-hydrogen) atoms. The number of aromatic nitrogens is 2.